The van der Waals surface area contributed by atoms with E-state index in [1.807, 2.05) is 0 Å². The highest BCUT2D eigenvalue weighted by Crippen LogP contribution is 2.34. The quantitative estimate of drug-likeness (QED) is 0.802. The van der Waals surface area contributed by atoms with Gasteiger partial charge in [-0.05, 0) is 66.6 Å². The minimum absolute atomic E-state index is 0.0667. The van der Waals surface area contributed by atoms with E-state index in [0.29, 0.717) is 6.42 Å². The summed E-state index contributed by atoms with van der Waals surface area (Å²) in [4.78, 5) is 0.00241. The molecule has 0 aromatic heterocycles. The maximum absolute atomic E-state index is 13.4. The van der Waals surface area contributed by atoms with Crippen molar-refractivity contribution < 1.29 is 21.2 Å². The van der Waals surface area contributed by atoms with Crippen LogP contribution in [-0.2, 0) is 26.5 Å². The van der Waals surface area contributed by atoms with Crippen molar-refractivity contribution in [3.63, 3.8) is 0 Å². The number of nitrogens with one attached hydrogen (secondary N) is 1. The van der Waals surface area contributed by atoms with Crippen molar-refractivity contribution >= 4 is 20.0 Å². The fourth-order valence-corrected chi connectivity index (χ4v) is 5.03. The van der Waals surface area contributed by atoms with Gasteiger partial charge in [0.15, 0.2) is 0 Å². The van der Waals surface area contributed by atoms with Gasteiger partial charge < -0.3 is 0 Å². The van der Waals surface area contributed by atoms with Crippen LogP contribution in [0.2, 0.25) is 0 Å². The van der Waals surface area contributed by atoms with E-state index >= 15 is 0 Å². The van der Waals surface area contributed by atoms with Crippen molar-refractivity contribution in [3.8, 4) is 0 Å². The van der Waals surface area contributed by atoms with Crippen LogP contribution in [-0.4, -0.2) is 23.4 Å². The van der Waals surface area contributed by atoms with Gasteiger partial charge in [-0.25, -0.2) is 22.7 Å². The SMILES string of the molecule is NS(=O)(=O)NCC1CCCc2cc(S(=O)(=O)c3cccc(F)c3)ccc21. The third-order valence-electron chi connectivity index (χ3n) is 4.50. The van der Waals surface area contributed by atoms with E-state index in [2.05, 4.69) is 4.72 Å². The van der Waals surface area contributed by atoms with Crippen LogP contribution in [0, 0.1) is 5.82 Å². The Hall–Kier alpha value is -1.81. The van der Waals surface area contributed by atoms with E-state index in [-0.39, 0.29) is 22.3 Å². The molecule has 0 aliphatic heterocycles. The summed E-state index contributed by atoms with van der Waals surface area (Å²) < 4.78 is 63.4. The largest absolute Gasteiger partial charge is 0.274 e. The molecule has 1 aliphatic carbocycles. The lowest BCUT2D eigenvalue weighted by atomic mass is 9.83. The van der Waals surface area contributed by atoms with Crippen LogP contribution in [0.1, 0.15) is 29.9 Å². The summed E-state index contributed by atoms with van der Waals surface area (Å²) in [5.41, 5.74) is 1.76. The number of fused-ring (bicyclic) bond motifs is 1. The van der Waals surface area contributed by atoms with E-state index in [4.69, 9.17) is 5.14 Å². The van der Waals surface area contributed by atoms with Crippen LogP contribution in [0.5, 0.6) is 0 Å². The molecule has 0 amide bonds. The first-order valence-electron chi connectivity index (χ1n) is 8.08. The van der Waals surface area contributed by atoms with Crippen molar-refractivity contribution in [1.82, 2.24) is 4.72 Å². The van der Waals surface area contributed by atoms with Crippen LogP contribution in [0.3, 0.4) is 0 Å². The topological polar surface area (TPSA) is 106 Å². The Labute approximate surface area is 152 Å². The number of aryl methyl sites for hydroxylation is 1. The highest BCUT2D eigenvalue weighted by Gasteiger charge is 2.25. The van der Waals surface area contributed by atoms with Crippen molar-refractivity contribution in [2.24, 2.45) is 5.14 Å². The third kappa shape index (κ3) is 4.12. The Morgan fingerprint density at radius 1 is 1.08 bits per heavy atom. The van der Waals surface area contributed by atoms with Gasteiger partial charge in [0.25, 0.3) is 10.2 Å². The molecule has 3 N–H and O–H groups in total. The normalized spacial score (nSPS) is 17.7. The molecule has 1 aliphatic rings. The first kappa shape index (κ1) is 19.0. The van der Waals surface area contributed by atoms with Crippen molar-refractivity contribution in [3.05, 3.63) is 59.4 Å². The predicted octanol–water partition coefficient (Wildman–Crippen LogP) is 1.87. The summed E-state index contributed by atoms with van der Waals surface area (Å²) in [6.07, 6.45) is 2.30. The lowest BCUT2D eigenvalue weighted by Gasteiger charge is -2.26. The van der Waals surface area contributed by atoms with E-state index in [9.17, 15) is 21.2 Å². The van der Waals surface area contributed by atoms with Gasteiger partial charge in [-0.1, -0.05) is 12.1 Å². The highest BCUT2D eigenvalue weighted by molar-refractivity contribution is 7.91. The molecule has 0 heterocycles. The number of hydrogen-bond donors (Lipinski definition) is 2. The van der Waals surface area contributed by atoms with Gasteiger partial charge >= 0.3 is 0 Å². The molecule has 0 spiro atoms. The Kier molecular flexibility index (Phi) is 5.16. The zero-order valence-electron chi connectivity index (χ0n) is 13.9. The first-order valence-corrected chi connectivity index (χ1v) is 11.1. The average molecular weight is 398 g/mol. The minimum Gasteiger partial charge on any atom is -0.219 e. The smallest absolute Gasteiger partial charge is 0.219 e. The summed E-state index contributed by atoms with van der Waals surface area (Å²) in [5.74, 6) is -0.679. The Bertz CT molecular complexity index is 1040. The van der Waals surface area contributed by atoms with Crippen LogP contribution < -0.4 is 9.86 Å². The van der Waals surface area contributed by atoms with E-state index in [1.54, 1.807) is 12.1 Å². The number of halogens is 1. The Balaban J connectivity index is 1.93. The lowest BCUT2D eigenvalue weighted by molar-refractivity contribution is 0.528. The fraction of sp³-hybridized carbons (Fsp3) is 0.294. The Morgan fingerprint density at radius 2 is 1.81 bits per heavy atom. The van der Waals surface area contributed by atoms with Gasteiger partial charge in [-0.2, -0.15) is 8.42 Å². The molecule has 2 aromatic rings. The molecule has 6 nitrogen and oxygen atoms in total. The Morgan fingerprint density at radius 3 is 2.50 bits per heavy atom. The zero-order chi connectivity index (χ0) is 18.9. The summed E-state index contributed by atoms with van der Waals surface area (Å²) in [6, 6.07) is 9.68. The lowest BCUT2D eigenvalue weighted by Crippen LogP contribution is -2.34. The third-order valence-corrected chi connectivity index (χ3v) is 6.82. The summed E-state index contributed by atoms with van der Waals surface area (Å²) in [7, 11) is -7.60. The zero-order valence-corrected chi connectivity index (χ0v) is 15.5. The second kappa shape index (κ2) is 7.07. The number of nitrogens with two attached hydrogens (primary N) is 1. The van der Waals surface area contributed by atoms with Crippen molar-refractivity contribution in [2.45, 2.75) is 35.0 Å². The molecule has 26 heavy (non-hydrogen) atoms. The van der Waals surface area contributed by atoms with E-state index in [1.165, 1.54) is 24.3 Å². The van der Waals surface area contributed by atoms with Gasteiger partial charge in [0, 0.05) is 6.54 Å². The summed E-state index contributed by atoms with van der Waals surface area (Å²) >= 11 is 0. The molecule has 9 heteroatoms. The maximum Gasteiger partial charge on any atom is 0.274 e. The molecule has 0 bridgehead atoms. The van der Waals surface area contributed by atoms with Gasteiger partial charge in [-0.3, -0.25) is 0 Å². The molecule has 0 saturated carbocycles. The van der Waals surface area contributed by atoms with Crippen LogP contribution in [0.15, 0.2) is 52.3 Å². The summed E-state index contributed by atoms with van der Waals surface area (Å²) in [5, 5.41) is 4.98. The molecule has 2 aromatic carbocycles. The standard InChI is InChI=1S/C17H19FN2O4S2/c18-14-5-2-6-15(10-14)25(21,22)16-7-8-17-12(9-16)3-1-4-13(17)11-20-26(19,23)24/h2,5-10,13,20H,1,3-4,11H2,(H2,19,23,24). The molecule has 0 saturated heterocycles. The van der Waals surface area contributed by atoms with Gasteiger partial charge in [-0.15, -0.1) is 0 Å². The molecular weight excluding hydrogens is 379 g/mol. The highest BCUT2D eigenvalue weighted by atomic mass is 32.2. The minimum atomic E-state index is -3.82. The van der Waals surface area contributed by atoms with Crippen LogP contribution in [0.4, 0.5) is 4.39 Å². The van der Waals surface area contributed by atoms with Crippen LogP contribution >= 0.6 is 0 Å². The van der Waals surface area contributed by atoms with E-state index < -0.39 is 25.9 Å². The van der Waals surface area contributed by atoms with Crippen LogP contribution in [0.25, 0.3) is 0 Å². The number of rotatable bonds is 5. The molecule has 3 rings (SSSR count). The molecule has 1 unspecified atom stereocenters. The average Bonchev–Trinajstić information content (AvgIpc) is 2.58. The molecule has 1 atom stereocenters. The number of hydrogen-bond acceptors (Lipinski definition) is 4. The summed E-state index contributed by atoms with van der Waals surface area (Å²) in [6.45, 7) is 0.168. The second-order valence-corrected chi connectivity index (χ2v) is 9.63. The fourth-order valence-electron chi connectivity index (χ4n) is 3.26. The maximum atomic E-state index is 13.4. The molecule has 0 radical (unpaired) electrons. The van der Waals surface area contributed by atoms with Crippen molar-refractivity contribution in [2.75, 3.05) is 6.54 Å². The van der Waals surface area contributed by atoms with E-state index in [0.717, 1.165) is 30.0 Å². The predicted molar refractivity (Wildman–Crippen MR) is 95.1 cm³/mol. The number of sulfone groups is 1. The molecule has 0 fully saturated rings. The monoisotopic (exact) mass is 398 g/mol. The van der Waals surface area contributed by atoms with Gasteiger partial charge in [0.1, 0.15) is 5.82 Å². The second-order valence-electron chi connectivity index (χ2n) is 6.30. The first-order chi connectivity index (χ1) is 12.2. The molecular formula is C17H19FN2O4S2. The van der Waals surface area contributed by atoms with Gasteiger partial charge in [0.2, 0.25) is 9.84 Å². The molecule has 140 valence electrons. The van der Waals surface area contributed by atoms with Crippen molar-refractivity contribution in [1.29, 1.82) is 0 Å². The van der Waals surface area contributed by atoms with Gasteiger partial charge in [0.05, 0.1) is 9.79 Å². The number of benzene rings is 2.